The number of para-hydroxylation sites is 1. The Bertz CT molecular complexity index is 1520. The Hall–Kier alpha value is -3.54. The molecular formula is C23H17N5OS2. The van der Waals surface area contributed by atoms with Gasteiger partial charge < -0.3 is 0 Å². The topological polar surface area (TPSA) is 76.5 Å². The monoisotopic (exact) mass is 443 g/mol. The molecule has 5 rings (SSSR count). The Labute approximate surface area is 186 Å². The van der Waals surface area contributed by atoms with Crippen LogP contribution >= 0.6 is 22.7 Å². The predicted octanol–water partition coefficient (Wildman–Crippen LogP) is 4.91. The van der Waals surface area contributed by atoms with E-state index >= 15 is 0 Å². The van der Waals surface area contributed by atoms with Crippen molar-refractivity contribution >= 4 is 32.9 Å². The minimum absolute atomic E-state index is 0.116. The van der Waals surface area contributed by atoms with E-state index in [0.717, 1.165) is 21.0 Å². The van der Waals surface area contributed by atoms with Crippen LogP contribution in [0.25, 0.3) is 26.3 Å². The zero-order valence-corrected chi connectivity index (χ0v) is 18.5. The lowest BCUT2D eigenvalue weighted by Gasteiger charge is -2.10. The smallest absolute Gasteiger partial charge is 0.263 e. The van der Waals surface area contributed by atoms with E-state index in [4.69, 9.17) is 0 Å². The first-order valence-electron chi connectivity index (χ1n) is 9.64. The van der Waals surface area contributed by atoms with Gasteiger partial charge in [0, 0.05) is 20.7 Å². The van der Waals surface area contributed by atoms with E-state index in [2.05, 4.69) is 29.1 Å². The molecule has 0 radical (unpaired) electrons. The molecule has 0 spiro atoms. The summed E-state index contributed by atoms with van der Waals surface area (Å²) in [7, 11) is 0. The quantitative estimate of drug-likeness (QED) is 0.395. The number of thiophene rings is 2. The van der Waals surface area contributed by atoms with Gasteiger partial charge in [0.25, 0.3) is 5.56 Å². The first-order chi connectivity index (χ1) is 15.1. The molecule has 0 fully saturated rings. The highest BCUT2D eigenvalue weighted by Gasteiger charge is 2.19. The summed E-state index contributed by atoms with van der Waals surface area (Å²) in [6.45, 7) is 4.07. The van der Waals surface area contributed by atoms with E-state index in [0.29, 0.717) is 22.3 Å². The largest absolute Gasteiger partial charge is 0.293 e. The van der Waals surface area contributed by atoms with Gasteiger partial charge in [0.1, 0.15) is 10.9 Å². The van der Waals surface area contributed by atoms with Gasteiger partial charge in [-0.3, -0.25) is 9.36 Å². The molecule has 0 aliphatic rings. The molecular weight excluding hydrogens is 426 g/mol. The maximum Gasteiger partial charge on any atom is 0.263 e. The fraction of sp³-hybridized carbons (Fsp3) is 0.130. The van der Waals surface area contributed by atoms with E-state index in [1.165, 1.54) is 16.2 Å². The molecule has 0 saturated carbocycles. The standard InChI is InChI=1S/C23H17N5OS2/c1-14-8-9-20(31-14)18-12-30-22-21(18)23(29)27(13-25-22)11-19-17(10-24)15(2)26-28(19)16-6-4-3-5-7-16/h3-9,12-13H,11H2,1-2H3. The summed E-state index contributed by atoms with van der Waals surface area (Å²) in [4.78, 5) is 21.0. The molecule has 4 aromatic heterocycles. The van der Waals surface area contributed by atoms with Crippen molar-refractivity contribution < 1.29 is 0 Å². The Morgan fingerprint density at radius 3 is 2.65 bits per heavy atom. The Morgan fingerprint density at radius 1 is 1.13 bits per heavy atom. The number of aromatic nitrogens is 4. The molecule has 1 aromatic carbocycles. The Kier molecular flexibility index (Phi) is 4.77. The van der Waals surface area contributed by atoms with Crippen LogP contribution < -0.4 is 5.56 Å². The van der Waals surface area contributed by atoms with Crippen LogP contribution in [0.15, 0.2) is 59.0 Å². The summed E-state index contributed by atoms with van der Waals surface area (Å²) in [6.07, 6.45) is 1.56. The van der Waals surface area contributed by atoms with E-state index in [1.807, 2.05) is 48.7 Å². The lowest BCUT2D eigenvalue weighted by Crippen LogP contribution is -2.22. The first-order valence-corrected chi connectivity index (χ1v) is 11.3. The van der Waals surface area contributed by atoms with Gasteiger partial charge in [0.05, 0.1) is 40.9 Å². The van der Waals surface area contributed by atoms with Gasteiger partial charge in [-0.25, -0.2) is 9.67 Å². The summed E-state index contributed by atoms with van der Waals surface area (Å²) in [6, 6.07) is 16.0. The number of fused-ring (bicyclic) bond motifs is 1. The molecule has 0 aliphatic carbocycles. The highest BCUT2D eigenvalue weighted by atomic mass is 32.1. The third-order valence-electron chi connectivity index (χ3n) is 5.16. The fourth-order valence-electron chi connectivity index (χ4n) is 3.65. The van der Waals surface area contributed by atoms with Gasteiger partial charge >= 0.3 is 0 Å². The van der Waals surface area contributed by atoms with Crippen molar-refractivity contribution in [2.45, 2.75) is 20.4 Å². The summed E-state index contributed by atoms with van der Waals surface area (Å²) in [5.74, 6) is 0. The van der Waals surface area contributed by atoms with Crippen molar-refractivity contribution in [1.29, 1.82) is 5.26 Å². The summed E-state index contributed by atoms with van der Waals surface area (Å²) < 4.78 is 3.30. The molecule has 0 amide bonds. The van der Waals surface area contributed by atoms with Crippen molar-refractivity contribution in [2.75, 3.05) is 0 Å². The van der Waals surface area contributed by atoms with Crippen molar-refractivity contribution in [3.05, 3.63) is 86.4 Å². The zero-order chi connectivity index (χ0) is 21.5. The van der Waals surface area contributed by atoms with E-state index in [1.54, 1.807) is 26.9 Å². The van der Waals surface area contributed by atoms with Crippen LogP contribution in [-0.4, -0.2) is 19.3 Å². The highest BCUT2D eigenvalue weighted by molar-refractivity contribution is 7.19. The molecule has 5 aromatic rings. The third-order valence-corrected chi connectivity index (χ3v) is 7.08. The fourth-order valence-corrected chi connectivity index (χ4v) is 5.51. The summed E-state index contributed by atoms with van der Waals surface area (Å²) in [5, 5.41) is 16.9. The maximum atomic E-state index is 13.5. The van der Waals surface area contributed by atoms with Crippen LogP contribution in [0.1, 0.15) is 21.8 Å². The minimum atomic E-state index is -0.116. The SMILES string of the molecule is Cc1ccc(-c2csc3ncn(Cc4c(C#N)c(C)nn4-c4ccccc4)c(=O)c23)s1. The second-order valence-corrected chi connectivity index (χ2v) is 9.33. The van der Waals surface area contributed by atoms with Gasteiger partial charge in [-0.2, -0.15) is 10.4 Å². The predicted molar refractivity (Wildman–Crippen MR) is 124 cm³/mol. The zero-order valence-electron chi connectivity index (χ0n) is 16.9. The molecule has 0 bridgehead atoms. The van der Waals surface area contributed by atoms with Crippen molar-refractivity contribution in [2.24, 2.45) is 0 Å². The number of nitriles is 1. The van der Waals surface area contributed by atoms with Crippen molar-refractivity contribution in [3.8, 4) is 22.2 Å². The number of rotatable bonds is 4. The number of hydrogen-bond acceptors (Lipinski definition) is 6. The molecule has 0 N–H and O–H groups in total. The average molecular weight is 444 g/mol. The van der Waals surface area contributed by atoms with Gasteiger partial charge in [-0.15, -0.1) is 22.7 Å². The van der Waals surface area contributed by atoms with Gasteiger partial charge in [0.2, 0.25) is 0 Å². The lowest BCUT2D eigenvalue weighted by atomic mass is 10.2. The van der Waals surface area contributed by atoms with E-state index in [-0.39, 0.29) is 12.1 Å². The summed E-state index contributed by atoms with van der Waals surface area (Å²) in [5.41, 5.74) is 3.42. The van der Waals surface area contributed by atoms with Gasteiger partial charge in [-0.1, -0.05) is 18.2 Å². The molecule has 0 aliphatic heterocycles. The maximum absolute atomic E-state index is 13.5. The molecule has 152 valence electrons. The van der Waals surface area contributed by atoms with Crippen LogP contribution in [0.3, 0.4) is 0 Å². The molecule has 8 heteroatoms. The number of benzene rings is 1. The Morgan fingerprint density at radius 2 is 1.94 bits per heavy atom. The second-order valence-electron chi connectivity index (χ2n) is 7.18. The lowest BCUT2D eigenvalue weighted by molar-refractivity contribution is 0.689. The first kappa shape index (κ1) is 19.4. The van der Waals surface area contributed by atoms with Crippen LogP contribution in [-0.2, 0) is 6.54 Å². The normalized spacial score (nSPS) is 11.1. The van der Waals surface area contributed by atoms with Crippen molar-refractivity contribution in [1.82, 2.24) is 19.3 Å². The minimum Gasteiger partial charge on any atom is -0.293 e. The van der Waals surface area contributed by atoms with E-state index < -0.39 is 0 Å². The van der Waals surface area contributed by atoms with Crippen molar-refractivity contribution in [3.63, 3.8) is 0 Å². The molecule has 31 heavy (non-hydrogen) atoms. The van der Waals surface area contributed by atoms with Gasteiger partial charge in [0.15, 0.2) is 0 Å². The number of hydrogen-bond donors (Lipinski definition) is 0. The number of nitrogens with zero attached hydrogens (tertiary/aromatic N) is 5. The highest BCUT2D eigenvalue weighted by Crippen LogP contribution is 2.35. The second kappa shape index (κ2) is 7.61. The molecule has 6 nitrogen and oxygen atoms in total. The summed E-state index contributed by atoms with van der Waals surface area (Å²) >= 11 is 3.13. The van der Waals surface area contributed by atoms with Crippen LogP contribution in [0, 0.1) is 25.2 Å². The molecule has 4 heterocycles. The van der Waals surface area contributed by atoms with Crippen LogP contribution in [0.2, 0.25) is 0 Å². The molecule has 0 atom stereocenters. The Balaban J connectivity index is 1.67. The molecule has 0 unspecified atom stereocenters. The average Bonchev–Trinajstić information content (AvgIpc) is 3.47. The van der Waals surface area contributed by atoms with Crippen LogP contribution in [0.5, 0.6) is 0 Å². The number of aryl methyl sites for hydroxylation is 2. The van der Waals surface area contributed by atoms with E-state index in [9.17, 15) is 10.1 Å². The third kappa shape index (κ3) is 3.28. The van der Waals surface area contributed by atoms with Crippen LogP contribution in [0.4, 0.5) is 0 Å². The van der Waals surface area contributed by atoms with Gasteiger partial charge in [-0.05, 0) is 38.1 Å². The molecule has 0 saturated heterocycles.